The fourth-order valence-corrected chi connectivity index (χ4v) is 6.15. The first-order valence-corrected chi connectivity index (χ1v) is 15.6. The highest BCUT2D eigenvalue weighted by molar-refractivity contribution is 6.35. The van der Waals surface area contributed by atoms with Crippen molar-refractivity contribution in [3.8, 4) is 0 Å². The van der Waals surface area contributed by atoms with Crippen LogP contribution in [-0.2, 0) is 38.4 Å². The topological polar surface area (TPSA) is 146 Å². The number of aromatic nitrogens is 1. The van der Waals surface area contributed by atoms with Crippen LogP contribution in [0.25, 0.3) is 10.9 Å². The van der Waals surface area contributed by atoms with Crippen LogP contribution in [0.4, 0.5) is 8.78 Å². The van der Waals surface area contributed by atoms with Crippen LogP contribution in [0.3, 0.4) is 0 Å². The molecule has 0 spiro atoms. The van der Waals surface area contributed by atoms with E-state index in [2.05, 4.69) is 20.9 Å². The zero-order valence-electron chi connectivity index (χ0n) is 25.9. The lowest BCUT2D eigenvalue weighted by Crippen LogP contribution is -2.67. The van der Waals surface area contributed by atoms with Gasteiger partial charge in [0.25, 0.3) is 0 Å². The van der Waals surface area contributed by atoms with Crippen molar-refractivity contribution in [2.45, 2.75) is 83.8 Å². The minimum atomic E-state index is -1.58. The average Bonchev–Trinajstić information content (AvgIpc) is 3.36. The van der Waals surface area contributed by atoms with E-state index >= 15 is 0 Å². The number of fused-ring (bicyclic) bond motifs is 3. The third-order valence-electron chi connectivity index (χ3n) is 9.02. The van der Waals surface area contributed by atoms with Gasteiger partial charge >= 0.3 is 0 Å². The van der Waals surface area contributed by atoms with Gasteiger partial charge in [0.15, 0.2) is 0 Å². The predicted molar refractivity (Wildman–Crippen MR) is 168 cm³/mol. The minimum Gasteiger partial charge on any atom is -0.368 e. The standard InChI is InChI=1S/C33H40ClF2N5O4/c1-5-17(3)27(30(37)43)40-32(45)33(12-11-25-22(16-33)21-14-20(35)15-23(34)29(21)38-25)41-31(44)28(18(4)6-2)39-26(42)13-19-9-7-8-10-24(19)36/h7-10,14-15,17-18,27-28,38H,5-6,11-13,16H2,1-4H3,(H2,37,43)(H,39,42)(H,40,45)(H,41,44)/t17?,18?,27-,28-,33+/m0/s1. The van der Waals surface area contributed by atoms with Crippen LogP contribution in [0.1, 0.15) is 63.8 Å². The first-order chi connectivity index (χ1) is 21.3. The maximum Gasteiger partial charge on any atom is 0.246 e. The lowest BCUT2D eigenvalue weighted by molar-refractivity contribution is -0.138. The van der Waals surface area contributed by atoms with Gasteiger partial charge in [-0.25, -0.2) is 8.78 Å². The number of carbonyl (C=O) groups excluding carboxylic acids is 4. The lowest BCUT2D eigenvalue weighted by Gasteiger charge is -2.39. The summed E-state index contributed by atoms with van der Waals surface area (Å²) in [7, 11) is 0. The molecule has 4 rings (SSSR count). The molecule has 1 aromatic heterocycles. The van der Waals surface area contributed by atoms with Gasteiger partial charge in [0, 0.05) is 17.5 Å². The van der Waals surface area contributed by atoms with Gasteiger partial charge in [-0.15, -0.1) is 0 Å². The van der Waals surface area contributed by atoms with Crippen molar-refractivity contribution in [3.63, 3.8) is 0 Å². The second-order valence-corrected chi connectivity index (χ2v) is 12.5. The van der Waals surface area contributed by atoms with E-state index in [0.29, 0.717) is 35.7 Å². The number of primary amides is 1. The summed E-state index contributed by atoms with van der Waals surface area (Å²) in [4.78, 5) is 56.9. The van der Waals surface area contributed by atoms with Crippen molar-refractivity contribution >= 4 is 46.1 Å². The number of nitrogens with one attached hydrogen (secondary N) is 4. The van der Waals surface area contributed by atoms with Gasteiger partial charge in [-0.3, -0.25) is 19.2 Å². The Morgan fingerprint density at radius 2 is 1.69 bits per heavy atom. The van der Waals surface area contributed by atoms with Gasteiger partial charge in [0.2, 0.25) is 23.6 Å². The average molecular weight is 644 g/mol. The molecule has 0 saturated heterocycles. The summed E-state index contributed by atoms with van der Waals surface area (Å²) >= 11 is 6.33. The molecule has 2 unspecified atom stereocenters. The summed E-state index contributed by atoms with van der Waals surface area (Å²) in [6, 6.07) is 6.34. The third-order valence-corrected chi connectivity index (χ3v) is 9.32. The summed E-state index contributed by atoms with van der Waals surface area (Å²) in [6.07, 6.45) is 1.18. The second kappa shape index (κ2) is 14.0. The largest absolute Gasteiger partial charge is 0.368 e. The van der Waals surface area contributed by atoms with E-state index in [-0.39, 0.29) is 41.7 Å². The van der Waals surface area contributed by atoms with Crippen molar-refractivity contribution in [1.82, 2.24) is 20.9 Å². The molecule has 0 aliphatic heterocycles. The van der Waals surface area contributed by atoms with E-state index in [0.717, 1.165) is 5.69 Å². The Morgan fingerprint density at radius 1 is 1.02 bits per heavy atom. The van der Waals surface area contributed by atoms with Gasteiger partial charge in [-0.1, -0.05) is 70.3 Å². The van der Waals surface area contributed by atoms with E-state index in [1.54, 1.807) is 19.9 Å². The number of H-pyrrole nitrogens is 1. The van der Waals surface area contributed by atoms with Crippen LogP contribution in [0.15, 0.2) is 36.4 Å². The molecule has 0 bridgehead atoms. The van der Waals surface area contributed by atoms with Crippen molar-refractivity contribution in [2.24, 2.45) is 17.6 Å². The molecule has 1 heterocycles. The van der Waals surface area contributed by atoms with E-state index in [1.165, 1.54) is 30.3 Å². The number of amides is 4. The molecule has 1 aliphatic rings. The van der Waals surface area contributed by atoms with Crippen LogP contribution in [-0.4, -0.2) is 46.2 Å². The smallest absolute Gasteiger partial charge is 0.246 e. The molecule has 0 saturated carbocycles. The Morgan fingerprint density at radius 3 is 2.33 bits per heavy atom. The molecule has 12 heteroatoms. The van der Waals surface area contributed by atoms with Crippen LogP contribution < -0.4 is 21.7 Å². The number of carbonyl (C=O) groups is 4. The minimum absolute atomic E-state index is 0.0396. The van der Waals surface area contributed by atoms with Crippen molar-refractivity contribution in [2.75, 3.05) is 0 Å². The van der Waals surface area contributed by atoms with E-state index in [4.69, 9.17) is 17.3 Å². The van der Waals surface area contributed by atoms with Gasteiger partial charge in [0.1, 0.15) is 29.3 Å². The third kappa shape index (κ3) is 7.30. The Labute approximate surface area is 266 Å². The SMILES string of the molecule is CCC(C)[C@H](NC(=O)[C@@]1(NC(=O)[C@@H](NC(=O)Cc2ccccc2F)C(C)CC)CCc2[nH]c3c(Cl)cc(F)cc3c2C1)C(N)=O. The summed E-state index contributed by atoms with van der Waals surface area (Å²) in [5, 5.41) is 9.09. The summed E-state index contributed by atoms with van der Waals surface area (Å²) in [5.41, 5.74) is 6.13. The fourth-order valence-electron chi connectivity index (χ4n) is 5.89. The van der Waals surface area contributed by atoms with Gasteiger partial charge in [-0.05, 0) is 54.0 Å². The highest BCUT2D eigenvalue weighted by Gasteiger charge is 2.46. The van der Waals surface area contributed by atoms with E-state index in [9.17, 15) is 28.0 Å². The molecular formula is C33H40ClF2N5O4. The molecule has 242 valence electrons. The Bertz CT molecular complexity index is 1610. The van der Waals surface area contributed by atoms with Gasteiger partial charge in [0.05, 0.1) is 17.0 Å². The molecule has 9 nitrogen and oxygen atoms in total. The number of hydrogen-bond donors (Lipinski definition) is 5. The first-order valence-electron chi connectivity index (χ1n) is 15.2. The highest BCUT2D eigenvalue weighted by atomic mass is 35.5. The first kappa shape index (κ1) is 33.9. The molecule has 1 aliphatic carbocycles. The second-order valence-electron chi connectivity index (χ2n) is 12.1. The van der Waals surface area contributed by atoms with Crippen molar-refractivity contribution in [1.29, 1.82) is 0 Å². The quantitative estimate of drug-likeness (QED) is 0.201. The molecular weight excluding hydrogens is 604 g/mol. The number of nitrogens with two attached hydrogens (primary N) is 1. The van der Waals surface area contributed by atoms with Gasteiger partial charge < -0.3 is 26.7 Å². The molecule has 0 fully saturated rings. The van der Waals surface area contributed by atoms with Crippen molar-refractivity contribution in [3.05, 3.63) is 69.9 Å². The van der Waals surface area contributed by atoms with Crippen LogP contribution in [0, 0.1) is 23.5 Å². The monoisotopic (exact) mass is 643 g/mol. The zero-order chi connectivity index (χ0) is 33.1. The van der Waals surface area contributed by atoms with Crippen molar-refractivity contribution < 1.29 is 28.0 Å². The number of aryl methyl sites for hydroxylation is 1. The number of halogens is 3. The number of benzene rings is 2. The predicted octanol–water partition coefficient (Wildman–Crippen LogP) is 4.23. The number of aromatic amines is 1. The van der Waals surface area contributed by atoms with E-state index in [1.807, 2.05) is 13.8 Å². The maximum atomic E-state index is 14.5. The highest BCUT2D eigenvalue weighted by Crippen LogP contribution is 2.37. The Balaban J connectivity index is 1.70. The molecule has 6 N–H and O–H groups in total. The molecule has 45 heavy (non-hydrogen) atoms. The number of rotatable bonds is 12. The Kier molecular flexibility index (Phi) is 10.5. The molecule has 0 radical (unpaired) electrons. The van der Waals surface area contributed by atoms with Gasteiger partial charge in [-0.2, -0.15) is 0 Å². The van der Waals surface area contributed by atoms with Crippen LogP contribution >= 0.6 is 11.6 Å². The molecule has 3 aromatic rings. The maximum absolute atomic E-state index is 14.5. The molecule has 5 atom stereocenters. The van der Waals surface area contributed by atoms with Crippen LogP contribution in [0.2, 0.25) is 5.02 Å². The summed E-state index contributed by atoms with van der Waals surface area (Å²) in [6.45, 7) is 7.30. The van der Waals surface area contributed by atoms with E-state index < -0.39 is 52.9 Å². The lowest BCUT2D eigenvalue weighted by atomic mass is 9.78. The zero-order valence-corrected chi connectivity index (χ0v) is 26.6. The van der Waals surface area contributed by atoms with Crippen LogP contribution in [0.5, 0.6) is 0 Å². The molecule has 2 aromatic carbocycles. The summed E-state index contributed by atoms with van der Waals surface area (Å²) in [5.74, 6) is -4.24. The Hall–Kier alpha value is -3.99. The number of hydrogen-bond acceptors (Lipinski definition) is 4. The molecule has 4 amide bonds. The normalized spacial score (nSPS) is 18.7. The fraction of sp³-hybridized carbons (Fsp3) is 0.455. The summed E-state index contributed by atoms with van der Waals surface area (Å²) < 4.78 is 28.7.